The number of allylic oxidation sites excluding steroid dienone is 6. The highest BCUT2D eigenvalue weighted by Gasteiger charge is 2.57. The third kappa shape index (κ3) is 9.74. The van der Waals surface area contributed by atoms with Crippen molar-refractivity contribution < 1.29 is 23.6 Å². The molecular weight excluding hydrogens is 701 g/mol. The topological polar surface area (TPSA) is 67.0 Å². The van der Waals surface area contributed by atoms with Gasteiger partial charge in [-0.2, -0.15) is 0 Å². The molecule has 3 aliphatic carbocycles. The van der Waals surface area contributed by atoms with Gasteiger partial charge in [0.05, 0.1) is 30.1 Å². The Labute approximate surface area is 334 Å². The lowest BCUT2D eigenvalue weighted by Gasteiger charge is -2.51. The lowest BCUT2D eigenvalue weighted by molar-refractivity contribution is 0.0100. The van der Waals surface area contributed by atoms with Crippen molar-refractivity contribution in [1.82, 2.24) is 4.48 Å². The fourth-order valence-corrected chi connectivity index (χ4v) is 10.3. The van der Waals surface area contributed by atoms with Gasteiger partial charge in [-0.1, -0.05) is 100 Å². The molecule has 1 unspecified atom stereocenters. The van der Waals surface area contributed by atoms with E-state index in [9.17, 15) is 18.8 Å². The van der Waals surface area contributed by atoms with E-state index in [-0.39, 0.29) is 22.9 Å². The van der Waals surface area contributed by atoms with Gasteiger partial charge in [-0.25, -0.2) is 0 Å². The SMILES string of the molecule is C=C1C(/C=C\C=C2/CCC[C@]3(C)[C@@H]([C@H](C)CCCC(C)(C)O)CC[C@@]23C)C[C@@H](O)C[C@@H]1OCCC1=N/C(=C\c2ccc(/C=C/c3ccccc3)n2B(F)F)C=C1. The quantitative estimate of drug-likeness (QED) is 0.140. The summed E-state index contributed by atoms with van der Waals surface area (Å²) in [7, 11) is -2.69. The van der Waals surface area contributed by atoms with Crippen molar-refractivity contribution >= 4 is 31.3 Å². The number of hydrogen-bond donors (Lipinski definition) is 2. The van der Waals surface area contributed by atoms with E-state index in [4.69, 9.17) is 4.74 Å². The average Bonchev–Trinajstić information content (AvgIpc) is 3.84. The van der Waals surface area contributed by atoms with Gasteiger partial charge in [0.25, 0.3) is 0 Å². The van der Waals surface area contributed by atoms with Crippen LogP contribution in [0.1, 0.15) is 122 Å². The summed E-state index contributed by atoms with van der Waals surface area (Å²) in [4.78, 5) is 4.68. The minimum Gasteiger partial charge on any atom is -0.393 e. The largest absolute Gasteiger partial charge is 0.678 e. The van der Waals surface area contributed by atoms with E-state index < -0.39 is 19.1 Å². The lowest BCUT2D eigenvalue weighted by atomic mass is 9.53. The van der Waals surface area contributed by atoms with Crippen LogP contribution in [0.2, 0.25) is 0 Å². The number of benzene rings is 1. The number of aliphatic imine (C=N–C) groups is 1. The summed E-state index contributed by atoms with van der Waals surface area (Å²) in [5, 5.41) is 21.1. The molecule has 4 aliphatic rings. The van der Waals surface area contributed by atoms with E-state index in [1.807, 2.05) is 62.4 Å². The van der Waals surface area contributed by atoms with Crippen LogP contribution in [-0.4, -0.2) is 52.2 Å². The Balaban J connectivity index is 1.03. The van der Waals surface area contributed by atoms with E-state index in [1.54, 1.807) is 29.9 Å². The third-order valence-electron chi connectivity index (χ3n) is 13.7. The number of aliphatic hydroxyl groups is 2. The van der Waals surface area contributed by atoms with Crippen LogP contribution in [0.4, 0.5) is 8.63 Å². The zero-order chi connectivity index (χ0) is 40.1. The molecule has 1 aromatic carbocycles. The Morgan fingerprint density at radius 3 is 2.59 bits per heavy atom. The Hall–Kier alpha value is -3.59. The number of hydrogen-bond acceptors (Lipinski definition) is 4. The maximum atomic E-state index is 14.1. The maximum Gasteiger partial charge on any atom is 0.678 e. The van der Waals surface area contributed by atoms with E-state index in [0.717, 1.165) is 40.6 Å². The zero-order valence-corrected chi connectivity index (χ0v) is 34.3. The second kappa shape index (κ2) is 17.9. The standard InChI is InChI=1S/C48H63BF2N2O3/c1-34(13-11-27-46(3,4)55)44-25-29-47(5)38(18-12-28-48(44,47)6)17-10-16-37-31-43(54)33-45(35(37)2)56-30-26-39-20-21-40(52-39)32-42-24-23-41(53(42)49(50)51)22-19-36-14-8-7-9-15-36/h7-10,14-17,19-24,32,34,37,43-45,54-55H,2,11-13,18,25-31,33H2,1,3-6H3/b16-10-,22-19+,38-17+,40-32-/t34-,37?,43-,44-,45+,47+,48-/m1/s1. The van der Waals surface area contributed by atoms with E-state index in [2.05, 4.69) is 50.6 Å². The van der Waals surface area contributed by atoms with Crippen molar-refractivity contribution in [2.75, 3.05) is 6.61 Å². The molecule has 0 amide bonds. The first-order valence-corrected chi connectivity index (χ1v) is 21.0. The second-order valence-electron chi connectivity index (χ2n) is 18.0. The van der Waals surface area contributed by atoms with Gasteiger partial charge >= 0.3 is 7.40 Å². The van der Waals surface area contributed by atoms with Gasteiger partial charge in [0.1, 0.15) is 0 Å². The first kappa shape index (κ1) is 42.0. The van der Waals surface area contributed by atoms with Gasteiger partial charge < -0.3 is 19.4 Å². The molecule has 2 N–H and O–H groups in total. The predicted octanol–water partition coefficient (Wildman–Crippen LogP) is 11.6. The lowest BCUT2D eigenvalue weighted by Crippen LogP contribution is -2.43. The fourth-order valence-electron chi connectivity index (χ4n) is 10.3. The van der Waals surface area contributed by atoms with E-state index >= 15 is 0 Å². The highest BCUT2D eigenvalue weighted by atomic mass is 19.2. The molecule has 300 valence electrons. The summed E-state index contributed by atoms with van der Waals surface area (Å²) in [5.74, 6) is 1.37. The number of halogens is 2. The number of nitrogens with zero attached hydrogens (tertiary/aromatic N) is 2. The van der Waals surface area contributed by atoms with Crippen LogP contribution in [0, 0.1) is 28.6 Å². The molecule has 0 spiro atoms. The Morgan fingerprint density at radius 2 is 1.84 bits per heavy atom. The first-order chi connectivity index (χ1) is 26.7. The van der Waals surface area contributed by atoms with E-state index in [1.165, 1.54) is 32.1 Å². The van der Waals surface area contributed by atoms with Gasteiger partial charge in [-0.05, 0) is 129 Å². The van der Waals surface area contributed by atoms with Crippen LogP contribution in [0.3, 0.4) is 0 Å². The molecule has 6 rings (SSSR count). The smallest absolute Gasteiger partial charge is 0.393 e. The number of aliphatic hydroxyl groups excluding tert-OH is 1. The van der Waals surface area contributed by atoms with Gasteiger partial charge in [0, 0.05) is 35.9 Å². The minimum absolute atomic E-state index is 0.0345. The molecular formula is C48H63BF2N2O3. The molecule has 7 atom stereocenters. The summed E-state index contributed by atoms with van der Waals surface area (Å²) in [6.07, 6.45) is 26.0. The summed E-state index contributed by atoms with van der Waals surface area (Å²) >= 11 is 0. The Bertz CT molecular complexity index is 1870. The molecule has 3 fully saturated rings. The molecule has 0 bridgehead atoms. The Morgan fingerprint density at radius 1 is 1.07 bits per heavy atom. The summed E-state index contributed by atoms with van der Waals surface area (Å²) < 4.78 is 35.6. The second-order valence-corrected chi connectivity index (χ2v) is 18.0. The zero-order valence-electron chi connectivity index (χ0n) is 34.3. The predicted molar refractivity (Wildman–Crippen MR) is 229 cm³/mol. The molecule has 2 heterocycles. The van der Waals surface area contributed by atoms with Crippen molar-refractivity contribution in [2.24, 2.45) is 33.6 Å². The van der Waals surface area contributed by atoms with Crippen molar-refractivity contribution in [1.29, 1.82) is 0 Å². The normalized spacial score (nSPS) is 30.2. The molecule has 3 saturated carbocycles. The molecule has 0 radical (unpaired) electrons. The number of rotatable bonds is 15. The number of fused-ring (bicyclic) bond motifs is 1. The fraction of sp³-hybridized carbons (Fsp3) is 0.521. The first-order valence-electron chi connectivity index (χ1n) is 21.0. The summed E-state index contributed by atoms with van der Waals surface area (Å²) in [5.41, 5.74) is 5.62. The van der Waals surface area contributed by atoms with Crippen molar-refractivity contribution in [2.45, 2.75) is 123 Å². The third-order valence-corrected chi connectivity index (χ3v) is 13.7. The molecule has 1 aromatic heterocycles. The highest BCUT2D eigenvalue weighted by molar-refractivity contribution is 6.41. The van der Waals surface area contributed by atoms with Crippen LogP contribution in [0.25, 0.3) is 18.2 Å². The van der Waals surface area contributed by atoms with Gasteiger partial charge in [0.15, 0.2) is 0 Å². The maximum absolute atomic E-state index is 14.1. The minimum atomic E-state index is -2.69. The van der Waals surface area contributed by atoms with Crippen molar-refractivity contribution in [3.05, 3.63) is 113 Å². The molecule has 2 aromatic rings. The van der Waals surface area contributed by atoms with Crippen LogP contribution < -0.4 is 0 Å². The summed E-state index contributed by atoms with van der Waals surface area (Å²) in [6.45, 7) is 16.2. The van der Waals surface area contributed by atoms with Crippen LogP contribution in [0.15, 0.2) is 101 Å². The van der Waals surface area contributed by atoms with Gasteiger partial charge in [0.2, 0.25) is 0 Å². The highest BCUT2D eigenvalue weighted by Crippen LogP contribution is 2.67. The van der Waals surface area contributed by atoms with Crippen LogP contribution >= 0.6 is 0 Å². The average molecular weight is 765 g/mol. The van der Waals surface area contributed by atoms with Crippen molar-refractivity contribution in [3.8, 4) is 0 Å². The Kier molecular flexibility index (Phi) is 13.4. The molecule has 0 saturated heterocycles. The molecule has 56 heavy (non-hydrogen) atoms. The number of aromatic nitrogens is 1. The van der Waals surface area contributed by atoms with Gasteiger partial charge in [-0.15, -0.1) is 0 Å². The molecule has 5 nitrogen and oxygen atoms in total. The van der Waals surface area contributed by atoms with Gasteiger partial charge in [-0.3, -0.25) is 13.6 Å². The van der Waals surface area contributed by atoms with Crippen LogP contribution in [-0.2, 0) is 4.74 Å². The molecule has 8 heteroatoms. The van der Waals surface area contributed by atoms with E-state index in [0.29, 0.717) is 54.8 Å². The molecule has 1 aliphatic heterocycles. The van der Waals surface area contributed by atoms with Crippen LogP contribution in [0.5, 0.6) is 0 Å². The summed E-state index contributed by atoms with van der Waals surface area (Å²) in [6, 6.07) is 13.0. The monoisotopic (exact) mass is 764 g/mol. The number of ether oxygens (including phenoxy) is 1. The van der Waals surface area contributed by atoms with Crippen molar-refractivity contribution in [3.63, 3.8) is 0 Å².